The zero-order valence-electron chi connectivity index (χ0n) is 11.6. The van der Waals surface area contributed by atoms with Crippen LogP contribution in [0.2, 0.25) is 5.02 Å². The summed E-state index contributed by atoms with van der Waals surface area (Å²) in [4.78, 5) is 4.32. The first-order valence-electron chi connectivity index (χ1n) is 7.12. The summed E-state index contributed by atoms with van der Waals surface area (Å²) in [5, 5.41) is 4.31. The van der Waals surface area contributed by atoms with Gasteiger partial charge in [0.05, 0.1) is 0 Å². The number of pyridine rings is 1. The SMILES string of the molecule is Cc1ccncc1C1CCNCC1c1ccc(Cl)cc1. The smallest absolute Gasteiger partial charge is 0.0406 e. The van der Waals surface area contributed by atoms with Crippen LogP contribution in [-0.2, 0) is 0 Å². The fourth-order valence-electron chi connectivity index (χ4n) is 3.16. The van der Waals surface area contributed by atoms with Gasteiger partial charge in [-0.25, -0.2) is 0 Å². The molecule has 0 amide bonds. The fraction of sp³-hybridized carbons (Fsp3) is 0.353. The highest BCUT2D eigenvalue weighted by molar-refractivity contribution is 6.30. The van der Waals surface area contributed by atoms with Crippen molar-refractivity contribution >= 4 is 11.6 Å². The average molecular weight is 287 g/mol. The third kappa shape index (κ3) is 2.72. The Labute approximate surface area is 125 Å². The van der Waals surface area contributed by atoms with E-state index in [0.29, 0.717) is 11.8 Å². The first kappa shape index (κ1) is 13.6. The van der Waals surface area contributed by atoms with Crippen LogP contribution in [0.1, 0.15) is 34.9 Å². The number of piperidine rings is 1. The van der Waals surface area contributed by atoms with Crippen LogP contribution in [0.15, 0.2) is 42.7 Å². The average Bonchev–Trinajstić information content (AvgIpc) is 2.49. The monoisotopic (exact) mass is 286 g/mol. The van der Waals surface area contributed by atoms with Crippen LogP contribution in [-0.4, -0.2) is 18.1 Å². The number of nitrogens with one attached hydrogen (secondary N) is 1. The molecule has 0 aliphatic carbocycles. The van der Waals surface area contributed by atoms with Crippen LogP contribution in [0, 0.1) is 6.92 Å². The van der Waals surface area contributed by atoms with Crippen LogP contribution in [0.25, 0.3) is 0 Å². The molecule has 20 heavy (non-hydrogen) atoms. The van der Waals surface area contributed by atoms with Gasteiger partial charge in [0.15, 0.2) is 0 Å². The Morgan fingerprint density at radius 1 is 1.15 bits per heavy atom. The van der Waals surface area contributed by atoms with Gasteiger partial charge >= 0.3 is 0 Å². The van der Waals surface area contributed by atoms with Crippen molar-refractivity contribution in [3.05, 3.63) is 64.4 Å². The summed E-state index contributed by atoms with van der Waals surface area (Å²) in [6.45, 7) is 4.27. The number of benzene rings is 1. The highest BCUT2D eigenvalue weighted by Crippen LogP contribution is 2.38. The Morgan fingerprint density at radius 3 is 2.70 bits per heavy atom. The number of aromatic nitrogens is 1. The summed E-state index contributed by atoms with van der Waals surface area (Å²) in [6, 6.07) is 10.4. The summed E-state index contributed by atoms with van der Waals surface area (Å²) < 4.78 is 0. The minimum atomic E-state index is 0.490. The topological polar surface area (TPSA) is 24.9 Å². The molecule has 0 radical (unpaired) electrons. The zero-order chi connectivity index (χ0) is 13.9. The number of aryl methyl sites for hydroxylation is 1. The molecule has 1 aliphatic heterocycles. The predicted octanol–water partition coefficient (Wildman–Crippen LogP) is 3.90. The van der Waals surface area contributed by atoms with Crippen molar-refractivity contribution in [1.29, 1.82) is 0 Å². The first-order valence-corrected chi connectivity index (χ1v) is 7.50. The van der Waals surface area contributed by atoms with Gasteiger partial charge in [-0.3, -0.25) is 4.98 Å². The number of hydrogen-bond acceptors (Lipinski definition) is 2. The van der Waals surface area contributed by atoms with E-state index >= 15 is 0 Å². The molecule has 2 heterocycles. The standard InChI is InChI=1S/C17H19ClN2/c1-12-6-8-19-10-16(12)15-7-9-20-11-17(15)13-2-4-14(18)5-3-13/h2-6,8,10,15,17,20H,7,9,11H2,1H3. The maximum atomic E-state index is 6.00. The molecule has 2 unspecified atom stereocenters. The van der Waals surface area contributed by atoms with E-state index in [1.807, 2.05) is 24.5 Å². The molecule has 0 saturated carbocycles. The molecule has 1 aromatic carbocycles. The zero-order valence-corrected chi connectivity index (χ0v) is 12.4. The van der Waals surface area contributed by atoms with Crippen molar-refractivity contribution in [3.63, 3.8) is 0 Å². The minimum Gasteiger partial charge on any atom is -0.316 e. The lowest BCUT2D eigenvalue weighted by atomic mass is 9.77. The summed E-state index contributed by atoms with van der Waals surface area (Å²) in [7, 11) is 0. The van der Waals surface area contributed by atoms with Gasteiger partial charge < -0.3 is 5.32 Å². The Morgan fingerprint density at radius 2 is 1.95 bits per heavy atom. The second-order valence-electron chi connectivity index (χ2n) is 5.49. The Balaban J connectivity index is 1.95. The van der Waals surface area contributed by atoms with Gasteiger partial charge in [0.2, 0.25) is 0 Å². The maximum Gasteiger partial charge on any atom is 0.0406 e. The lowest BCUT2D eigenvalue weighted by molar-refractivity contribution is 0.402. The molecule has 104 valence electrons. The highest BCUT2D eigenvalue weighted by Gasteiger charge is 2.28. The molecule has 3 heteroatoms. The number of hydrogen-bond donors (Lipinski definition) is 1. The van der Waals surface area contributed by atoms with E-state index < -0.39 is 0 Å². The number of nitrogens with zero attached hydrogens (tertiary/aromatic N) is 1. The quantitative estimate of drug-likeness (QED) is 0.905. The van der Waals surface area contributed by atoms with E-state index in [0.717, 1.165) is 24.5 Å². The maximum absolute atomic E-state index is 6.00. The van der Waals surface area contributed by atoms with Gasteiger partial charge in [-0.05, 0) is 60.7 Å². The van der Waals surface area contributed by atoms with Crippen LogP contribution >= 0.6 is 11.6 Å². The van der Waals surface area contributed by atoms with Gasteiger partial charge in [0.25, 0.3) is 0 Å². The molecular formula is C17H19ClN2. The number of halogens is 1. The van der Waals surface area contributed by atoms with E-state index in [1.54, 1.807) is 0 Å². The second-order valence-corrected chi connectivity index (χ2v) is 5.93. The third-order valence-corrected chi connectivity index (χ3v) is 4.51. The van der Waals surface area contributed by atoms with E-state index in [-0.39, 0.29) is 0 Å². The van der Waals surface area contributed by atoms with Crippen molar-refractivity contribution in [3.8, 4) is 0 Å². The minimum absolute atomic E-state index is 0.490. The van der Waals surface area contributed by atoms with Crippen molar-refractivity contribution in [1.82, 2.24) is 10.3 Å². The van der Waals surface area contributed by atoms with Gasteiger partial charge in [0, 0.05) is 29.9 Å². The van der Waals surface area contributed by atoms with Gasteiger partial charge in [-0.1, -0.05) is 23.7 Å². The summed E-state index contributed by atoms with van der Waals surface area (Å²) in [6.07, 6.45) is 5.06. The molecular weight excluding hydrogens is 268 g/mol. The highest BCUT2D eigenvalue weighted by atomic mass is 35.5. The molecule has 0 spiro atoms. The van der Waals surface area contributed by atoms with E-state index in [9.17, 15) is 0 Å². The predicted molar refractivity (Wildman–Crippen MR) is 83.4 cm³/mol. The van der Waals surface area contributed by atoms with E-state index in [2.05, 4.69) is 35.4 Å². The Kier molecular flexibility index (Phi) is 4.04. The van der Waals surface area contributed by atoms with Crippen molar-refractivity contribution in [2.45, 2.75) is 25.2 Å². The molecule has 3 rings (SSSR count). The Bertz CT molecular complexity index is 580. The molecule has 2 aromatic rings. The summed E-state index contributed by atoms with van der Waals surface area (Å²) in [5.74, 6) is 1.02. The normalized spacial score (nSPS) is 22.7. The molecule has 0 bridgehead atoms. The third-order valence-electron chi connectivity index (χ3n) is 4.26. The largest absolute Gasteiger partial charge is 0.316 e. The van der Waals surface area contributed by atoms with Crippen LogP contribution < -0.4 is 5.32 Å². The molecule has 1 N–H and O–H groups in total. The molecule has 2 nitrogen and oxygen atoms in total. The van der Waals surface area contributed by atoms with Crippen molar-refractivity contribution in [2.24, 2.45) is 0 Å². The van der Waals surface area contributed by atoms with Crippen LogP contribution in [0.5, 0.6) is 0 Å². The fourth-order valence-corrected chi connectivity index (χ4v) is 3.28. The molecule has 2 atom stereocenters. The van der Waals surface area contributed by atoms with Crippen molar-refractivity contribution < 1.29 is 0 Å². The lowest BCUT2D eigenvalue weighted by Gasteiger charge is -2.33. The van der Waals surface area contributed by atoms with Gasteiger partial charge in [-0.2, -0.15) is 0 Å². The second kappa shape index (κ2) is 5.94. The van der Waals surface area contributed by atoms with Crippen molar-refractivity contribution in [2.75, 3.05) is 13.1 Å². The van der Waals surface area contributed by atoms with E-state index in [1.165, 1.54) is 16.7 Å². The molecule has 1 aliphatic rings. The van der Waals surface area contributed by atoms with Crippen LogP contribution in [0.3, 0.4) is 0 Å². The Hall–Kier alpha value is -1.38. The van der Waals surface area contributed by atoms with Crippen LogP contribution in [0.4, 0.5) is 0 Å². The molecule has 1 aromatic heterocycles. The van der Waals surface area contributed by atoms with E-state index in [4.69, 9.17) is 11.6 Å². The summed E-state index contributed by atoms with van der Waals surface area (Å²) >= 11 is 6.00. The lowest BCUT2D eigenvalue weighted by Crippen LogP contribution is -2.34. The van der Waals surface area contributed by atoms with Gasteiger partial charge in [-0.15, -0.1) is 0 Å². The van der Waals surface area contributed by atoms with Gasteiger partial charge in [0.1, 0.15) is 0 Å². The molecule has 1 fully saturated rings. The number of rotatable bonds is 2. The first-order chi connectivity index (χ1) is 9.75. The molecule has 1 saturated heterocycles. The summed E-state index contributed by atoms with van der Waals surface area (Å²) in [5.41, 5.74) is 4.08.